The van der Waals surface area contributed by atoms with E-state index in [1.54, 1.807) is 12.1 Å². The minimum atomic E-state index is -0.329. The number of phenols is 1. The molecule has 15 heavy (non-hydrogen) atoms. The minimum Gasteiger partial charge on any atom is -0.506 e. The number of phenolic OH excluding ortho intramolecular Hbond substituents is 1. The Bertz CT molecular complexity index is 336. The average Bonchev–Trinajstić information content (AvgIpc) is 2.13. The zero-order valence-corrected chi connectivity index (χ0v) is 11.1. The molecule has 5 N–H and O–H groups in total. The second kappa shape index (κ2) is 6.55. The first kappa shape index (κ1) is 15.0. The molecule has 0 unspecified atom stereocenters. The van der Waals surface area contributed by atoms with Gasteiger partial charge in [0.05, 0.1) is 4.47 Å². The molecule has 0 aromatic heterocycles. The summed E-state index contributed by atoms with van der Waals surface area (Å²) in [6.45, 7) is 0.462. The van der Waals surface area contributed by atoms with Crippen molar-refractivity contribution in [3.63, 3.8) is 0 Å². The molecule has 0 amide bonds. The molecule has 0 fully saturated rings. The van der Waals surface area contributed by atoms with E-state index >= 15 is 0 Å². The first-order valence-corrected chi connectivity index (χ1v) is 5.37. The van der Waals surface area contributed by atoms with Gasteiger partial charge >= 0.3 is 0 Å². The summed E-state index contributed by atoms with van der Waals surface area (Å²) in [6, 6.07) is 3.04. The maximum absolute atomic E-state index is 9.72. The van der Waals surface area contributed by atoms with Crippen molar-refractivity contribution in [1.82, 2.24) is 0 Å². The van der Waals surface area contributed by atoms with Crippen LogP contribution in [0.25, 0.3) is 0 Å². The lowest BCUT2D eigenvalue weighted by atomic mass is 10.0. The first-order valence-electron chi connectivity index (χ1n) is 4.20. The van der Waals surface area contributed by atoms with E-state index in [1.807, 2.05) is 0 Å². The van der Waals surface area contributed by atoms with Crippen LogP contribution in [0.15, 0.2) is 16.6 Å². The number of nitrogens with two attached hydrogens (primary N) is 2. The van der Waals surface area contributed by atoms with Crippen molar-refractivity contribution in [2.24, 2.45) is 11.5 Å². The maximum atomic E-state index is 9.72. The van der Waals surface area contributed by atoms with Gasteiger partial charge in [0.2, 0.25) is 0 Å². The number of aromatic hydroxyl groups is 1. The van der Waals surface area contributed by atoms with Gasteiger partial charge in [-0.1, -0.05) is 11.6 Å². The summed E-state index contributed by atoms with van der Waals surface area (Å²) < 4.78 is 0.587. The molecule has 1 rings (SSSR count). The standard InChI is InChI=1S/C9H12BrClN2O.ClH/c10-5-1-2-6(11)8(9(5)14)7(13)3-4-12;/h1-2,7,14H,3-4,12-13H2;1H/t7-;/m0./s1. The third-order valence-electron chi connectivity index (χ3n) is 1.96. The Morgan fingerprint density at radius 2 is 2.07 bits per heavy atom. The Kier molecular flexibility index (Phi) is 6.55. The van der Waals surface area contributed by atoms with Crippen molar-refractivity contribution in [3.05, 3.63) is 27.2 Å². The van der Waals surface area contributed by atoms with Crippen molar-refractivity contribution in [1.29, 1.82) is 0 Å². The summed E-state index contributed by atoms with van der Waals surface area (Å²) in [4.78, 5) is 0. The molecular formula is C9H13BrCl2N2O. The molecule has 3 nitrogen and oxygen atoms in total. The van der Waals surface area contributed by atoms with Crippen LogP contribution in [0.3, 0.4) is 0 Å². The minimum absolute atomic E-state index is 0. The van der Waals surface area contributed by atoms with Crippen LogP contribution < -0.4 is 11.5 Å². The number of hydrogen-bond acceptors (Lipinski definition) is 3. The van der Waals surface area contributed by atoms with Gasteiger partial charge in [-0.25, -0.2) is 0 Å². The molecule has 0 aliphatic carbocycles. The van der Waals surface area contributed by atoms with Crippen LogP contribution in [0.5, 0.6) is 5.75 Å². The van der Waals surface area contributed by atoms with Crippen molar-refractivity contribution >= 4 is 39.9 Å². The van der Waals surface area contributed by atoms with Crippen LogP contribution in [0, 0.1) is 0 Å². The second-order valence-electron chi connectivity index (χ2n) is 2.98. The highest BCUT2D eigenvalue weighted by atomic mass is 79.9. The lowest BCUT2D eigenvalue weighted by Crippen LogP contribution is -2.16. The zero-order valence-electron chi connectivity index (χ0n) is 7.91. The summed E-state index contributed by atoms with van der Waals surface area (Å²) in [6.07, 6.45) is 0.587. The SMILES string of the molecule is Cl.NCC[C@H](N)c1c(Cl)ccc(Br)c1O. The third kappa shape index (κ3) is 3.50. The molecule has 0 heterocycles. The Morgan fingerprint density at radius 1 is 1.47 bits per heavy atom. The van der Waals surface area contributed by atoms with Crippen LogP contribution in [0.4, 0.5) is 0 Å². The Hall–Kier alpha value is -0.000000000000000111. The van der Waals surface area contributed by atoms with Gasteiger partial charge in [0.25, 0.3) is 0 Å². The third-order valence-corrected chi connectivity index (χ3v) is 2.93. The van der Waals surface area contributed by atoms with Gasteiger partial charge in [-0.3, -0.25) is 0 Å². The van der Waals surface area contributed by atoms with Crippen LogP contribution in [0.1, 0.15) is 18.0 Å². The van der Waals surface area contributed by atoms with E-state index in [9.17, 15) is 5.11 Å². The molecule has 0 saturated carbocycles. The molecular weight excluding hydrogens is 303 g/mol. The fraction of sp³-hybridized carbons (Fsp3) is 0.333. The number of hydrogen-bond donors (Lipinski definition) is 3. The monoisotopic (exact) mass is 314 g/mol. The molecule has 6 heteroatoms. The quantitative estimate of drug-likeness (QED) is 0.802. The topological polar surface area (TPSA) is 72.3 Å². The van der Waals surface area contributed by atoms with Gasteiger partial charge < -0.3 is 16.6 Å². The lowest BCUT2D eigenvalue weighted by molar-refractivity contribution is 0.456. The average molecular weight is 316 g/mol. The van der Waals surface area contributed by atoms with Gasteiger partial charge in [0.15, 0.2) is 0 Å². The molecule has 0 saturated heterocycles. The predicted molar refractivity (Wildman–Crippen MR) is 68.7 cm³/mol. The molecule has 0 aliphatic heterocycles. The Labute approximate surface area is 108 Å². The van der Waals surface area contributed by atoms with Gasteiger partial charge in [-0.05, 0) is 41.0 Å². The lowest BCUT2D eigenvalue weighted by Gasteiger charge is -2.15. The zero-order chi connectivity index (χ0) is 10.7. The van der Waals surface area contributed by atoms with Crippen molar-refractivity contribution in [3.8, 4) is 5.75 Å². The van der Waals surface area contributed by atoms with Crippen LogP contribution >= 0.6 is 39.9 Å². The highest BCUT2D eigenvalue weighted by Crippen LogP contribution is 2.37. The normalized spacial score (nSPS) is 12.0. The number of benzene rings is 1. The molecule has 0 radical (unpaired) electrons. The Balaban J connectivity index is 0.00000196. The van der Waals surface area contributed by atoms with Crippen molar-refractivity contribution < 1.29 is 5.11 Å². The maximum Gasteiger partial charge on any atom is 0.136 e. The van der Waals surface area contributed by atoms with Crippen molar-refractivity contribution in [2.75, 3.05) is 6.54 Å². The summed E-state index contributed by atoms with van der Waals surface area (Å²) in [5, 5.41) is 10.2. The van der Waals surface area contributed by atoms with Gasteiger partial charge in [0, 0.05) is 16.6 Å². The molecule has 1 atom stereocenters. The molecule has 0 bridgehead atoms. The number of halogens is 3. The smallest absolute Gasteiger partial charge is 0.136 e. The second-order valence-corrected chi connectivity index (χ2v) is 4.24. The highest BCUT2D eigenvalue weighted by Gasteiger charge is 2.16. The van der Waals surface area contributed by atoms with E-state index in [-0.39, 0.29) is 24.2 Å². The predicted octanol–water partition coefficient (Wildman–Crippen LogP) is 2.58. The van der Waals surface area contributed by atoms with E-state index in [0.717, 1.165) is 0 Å². The van der Waals surface area contributed by atoms with Crippen LogP contribution in [0.2, 0.25) is 5.02 Å². The van der Waals surface area contributed by atoms with Crippen LogP contribution in [-0.4, -0.2) is 11.7 Å². The Morgan fingerprint density at radius 3 is 2.60 bits per heavy atom. The van der Waals surface area contributed by atoms with E-state index in [0.29, 0.717) is 28.0 Å². The molecule has 1 aromatic rings. The highest BCUT2D eigenvalue weighted by molar-refractivity contribution is 9.10. The summed E-state index contributed by atoms with van der Waals surface area (Å²) in [5.74, 6) is 0.0958. The van der Waals surface area contributed by atoms with Gasteiger partial charge in [-0.2, -0.15) is 0 Å². The fourth-order valence-corrected chi connectivity index (χ4v) is 1.87. The fourth-order valence-electron chi connectivity index (χ4n) is 1.23. The van der Waals surface area contributed by atoms with E-state index < -0.39 is 0 Å². The molecule has 0 spiro atoms. The van der Waals surface area contributed by atoms with Crippen LogP contribution in [-0.2, 0) is 0 Å². The molecule has 1 aromatic carbocycles. The van der Waals surface area contributed by atoms with E-state index in [2.05, 4.69) is 15.9 Å². The van der Waals surface area contributed by atoms with Gasteiger partial charge in [-0.15, -0.1) is 12.4 Å². The molecule has 86 valence electrons. The summed E-state index contributed by atoms with van der Waals surface area (Å²) in [5.41, 5.74) is 11.8. The van der Waals surface area contributed by atoms with E-state index in [1.165, 1.54) is 0 Å². The molecule has 0 aliphatic rings. The summed E-state index contributed by atoms with van der Waals surface area (Å²) >= 11 is 9.13. The number of rotatable bonds is 3. The summed E-state index contributed by atoms with van der Waals surface area (Å²) in [7, 11) is 0. The van der Waals surface area contributed by atoms with Crippen molar-refractivity contribution in [2.45, 2.75) is 12.5 Å². The largest absolute Gasteiger partial charge is 0.506 e. The van der Waals surface area contributed by atoms with Gasteiger partial charge in [0.1, 0.15) is 5.75 Å². The van der Waals surface area contributed by atoms with E-state index in [4.69, 9.17) is 23.1 Å². The first-order chi connectivity index (χ1) is 6.57.